The Labute approximate surface area is 144 Å². The third-order valence-corrected chi connectivity index (χ3v) is 5.14. The standard InChI is InChI=1S/C21H25N3/c1-5-21(4)14-24(13-18-8-6-7-17(11-18)12-22)20-10-16(3)15(2)9-19(20)23-21/h6-11,23H,5,13-14H2,1-4H3. The van der Waals surface area contributed by atoms with Crippen LogP contribution in [0.5, 0.6) is 0 Å². The summed E-state index contributed by atoms with van der Waals surface area (Å²) in [5, 5.41) is 12.9. The van der Waals surface area contributed by atoms with Crippen LogP contribution in [0.25, 0.3) is 0 Å². The minimum atomic E-state index is 0.0571. The summed E-state index contributed by atoms with van der Waals surface area (Å²) in [6.45, 7) is 10.6. The molecule has 2 aromatic carbocycles. The highest BCUT2D eigenvalue weighted by atomic mass is 15.2. The van der Waals surface area contributed by atoms with Crippen LogP contribution in [-0.2, 0) is 6.54 Å². The summed E-state index contributed by atoms with van der Waals surface area (Å²) in [5.41, 5.74) is 7.05. The van der Waals surface area contributed by atoms with Crippen molar-refractivity contribution in [2.75, 3.05) is 16.8 Å². The molecule has 0 saturated heterocycles. The zero-order valence-electron chi connectivity index (χ0n) is 15.0. The van der Waals surface area contributed by atoms with Crippen molar-refractivity contribution in [2.45, 2.75) is 46.2 Å². The maximum absolute atomic E-state index is 9.14. The molecule has 3 heteroatoms. The molecule has 0 amide bonds. The maximum Gasteiger partial charge on any atom is 0.0991 e. The van der Waals surface area contributed by atoms with Gasteiger partial charge < -0.3 is 10.2 Å². The monoisotopic (exact) mass is 319 g/mol. The SMILES string of the molecule is CCC1(C)CN(Cc2cccc(C#N)c2)c2cc(C)c(C)cc2N1. The molecule has 3 rings (SSSR count). The van der Waals surface area contributed by atoms with Gasteiger partial charge in [-0.25, -0.2) is 0 Å². The highest BCUT2D eigenvalue weighted by Gasteiger charge is 2.32. The maximum atomic E-state index is 9.14. The van der Waals surface area contributed by atoms with Crippen LogP contribution in [0.2, 0.25) is 0 Å². The predicted molar refractivity (Wildman–Crippen MR) is 100 cm³/mol. The van der Waals surface area contributed by atoms with Crippen LogP contribution >= 0.6 is 0 Å². The Morgan fingerprint density at radius 1 is 1.21 bits per heavy atom. The molecule has 3 nitrogen and oxygen atoms in total. The fourth-order valence-corrected chi connectivity index (χ4v) is 3.33. The second kappa shape index (κ2) is 6.20. The van der Waals surface area contributed by atoms with Crippen molar-refractivity contribution in [1.82, 2.24) is 0 Å². The van der Waals surface area contributed by atoms with E-state index >= 15 is 0 Å². The van der Waals surface area contributed by atoms with Gasteiger partial charge in [-0.3, -0.25) is 0 Å². The molecule has 0 saturated carbocycles. The molecule has 1 atom stereocenters. The van der Waals surface area contributed by atoms with Crippen LogP contribution in [0, 0.1) is 25.2 Å². The Bertz CT molecular complexity index is 803. The molecule has 1 aliphatic heterocycles. The van der Waals surface area contributed by atoms with E-state index in [0.717, 1.165) is 25.1 Å². The van der Waals surface area contributed by atoms with Crippen molar-refractivity contribution < 1.29 is 0 Å². The third-order valence-electron chi connectivity index (χ3n) is 5.14. The van der Waals surface area contributed by atoms with Crippen molar-refractivity contribution in [2.24, 2.45) is 0 Å². The lowest BCUT2D eigenvalue weighted by atomic mass is 9.92. The molecule has 124 valence electrons. The Morgan fingerprint density at radius 2 is 1.96 bits per heavy atom. The molecule has 2 aromatic rings. The zero-order valence-corrected chi connectivity index (χ0v) is 15.0. The number of nitrogens with one attached hydrogen (secondary N) is 1. The lowest BCUT2D eigenvalue weighted by molar-refractivity contribution is 0.471. The number of benzene rings is 2. The summed E-state index contributed by atoms with van der Waals surface area (Å²) in [6.07, 6.45) is 1.06. The number of rotatable bonds is 3. The first-order chi connectivity index (χ1) is 11.4. The van der Waals surface area contributed by atoms with Gasteiger partial charge in [-0.05, 0) is 68.1 Å². The van der Waals surface area contributed by atoms with Gasteiger partial charge in [0.2, 0.25) is 0 Å². The van der Waals surface area contributed by atoms with Crippen molar-refractivity contribution >= 4 is 11.4 Å². The largest absolute Gasteiger partial charge is 0.376 e. The first-order valence-corrected chi connectivity index (χ1v) is 8.57. The van der Waals surface area contributed by atoms with E-state index in [2.05, 4.69) is 62.2 Å². The van der Waals surface area contributed by atoms with E-state index < -0.39 is 0 Å². The van der Waals surface area contributed by atoms with Gasteiger partial charge >= 0.3 is 0 Å². The summed E-state index contributed by atoms with van der Waals surface area (Å²) >= 11 is 0. The Morgan fingerprint density at radius 3 is 2.67 bits per heavy atom. The van der Waals surface area contributed by atoms with Crippen LogP contribution in [0.15, 0.2) is 36.4 Å². The Hall–Kier alpha value is -2.47. The van der Waals surface area contributed by atoms with E-state index in [0.29, 0.717) is 0 Å². The summed E-state index contributed by atoms with van der Waals surface area (Å²) in [4.78, 5) is 2.44. The van der Waals surface area contributed by atoms with Crippen LogP contribution < -0.4 is 10.2 Å². The summed E-state index contributed by atoms with van der Waals surface area (Å²) in [5.74, 6) is 0. The lowest BCUT2D eigenvalue weighted by Gasteiger charge is -2.44. The minimum absolute atomic E-state index is 0.0571. The van der Waals surface area contributed by atoms with E-state index in [-0.39, 0.29) is 5.54 Å². The van der Waals surface area contributed by atoms with Crippen LogP contribution in [0.1, 0.15) is 42.5 Å². The number of nitriles is 1. The third kappa shape index (κ3) is 3.10. The first-order valence-electron chi connectivity index (χ1n) is 8.57. The van der Waals surface area contributed by atoms with E-state index in [1.165, 1.54) is 28.1 Å². The molecular weight excluding hydrogens is 294 g/mol. The summed E-state index contributed by atoms with van der Waals surface area (Å²) in [6, 6.07) is 14.7. The number of aryl methyl sites for hydroxylation is 2. The van der Waals surface area contributed by atoms with Gasteiger partial charge in [-0.15, -0.1) is 0 Å². The van der Waals surface area contributed by atoms with Crippen LogP contribution in [-0.4, -0.2) is 12.1 Å². The first kappa shape index (κ1) is 16.4. The van der Waals surface area contributed by atoms with Crippen LogP contribution in [0.3, 0.4) is 0 Å². The highest BCUT2D eigenvalue weighted by molar-refractivity contribution is 5.75. The topological polar surface area (TPSA) is 39.1 Å². The van der Waals surface area contributed by atoms with Gasteiger partial charge in [0, 0.05) is 13.1 Å². The number of hydrogen-bond acceptors (Lipinski definition) is 3. The quantitative estimate of drug-likeness (QED) is 0.885. The molecular formula is C21H25N3. The van der Waals surface area contributed by atoms with Crippen molar-refractivity contribution in [1.29, 1.82) is 5.26 Å². The fourth-order valence-electron chi connectivity index (χ4n) is 3.33. The molecule has 0 spiro atoms. The second-order valence-corrected chi connectivity index (χ2v) is 7.16. The van der Waals surface area contributed by atoms with Gasteiger partial charge in [0.25, 0.3) is 0 Å². The molecule has 0 radical (unpaired) electrons. The molecule has 1 unspecified atom stereocenters. The molecule has 1 aliphatic rings. The Kier molecular flexibility index (Phi) is 4.24. The molecule has 0 bridgehead atoms. The van der Waals surface area contributed by atoms with Gasteiger partial charge in [-0.2, -0.15) is 5.26 Å². The molecule has 0 fully saturated rings. The van der Waals surface area contributed by atoms with Crippen molar-refractivity contribution in [3.8, 4) is 6.07 Å². The number of fused-ring (bicyclic) bond motifs is 1. The van der Waals surface area contributed by atoms with Gasteiger partial charge in [0.15, 0.2) is 0 Å². The average molecular weight is 319 g/mol. The van der Waals surface area contributed by atoms with E-state index in [1.54, 1.807) is 0 Å². The number of hydrogen-bond donors (Lipinski definition) is 1. The highest BCUT2D eigenvalue weighted by Crippen LogP contribution is 2.38. The number of nitrogens with zero attached hydrogens (tertiary/aromatic N) is 2. The van der Waals surface area contributed by atoms with E-state index in [1.807, 2.05) is 18.2 Å². The van der Waals surface area contributed by atoms with Crippen molar-refractivity contribution in [3.63, 3.8) is 0 Å². The molecule has 1 N–H and O–H groups in total. The predicted octanol–water partition coefficient (Wildman–Crippen LogP) is 4.78. The smallest absolute Gasteiger partial charge is 0.0991 e. The van der Waals surface area contributed by atoms with Gasteiger partial charge in [0.05, 0.1) is 28.5 Å². The lowest BCUT2D eigenvalue weighted by Crippen LogP contribution is -2.50. The Balaban J connectivity index is 2.00. The molecule has 0 aromatic heterocycles. The average Bonchev–Trinajstić information content (AvgIpc) is 2.57. The van der Waals surface area contributed by atoms with E-state index in [4.69, 9.17) is 5.26 Å². The van der Waals surface area contributed by atoms with Crippen LogP contribution in [0.4, 0.5) is 11.4 Å². The van der Waals surface area contributed by atoms with Gasteiger partial charge in [0.1, 0.15) is 0 Å². The summed E-state index contributed by atoms with van der Waals surface area (Å²) < 4.78 is 0. The van der Waals surface area contributed by atoms with E-state index in [9.17, 15) is 0 Å². The number of anilines is 2. The molecule has 1 heterocycles. The normalized spacial score (nSPS) is 19.4. The minimum Gasteiger partial charge on any atom is -0.376 e. The molecule has 0 aliphatic carbocycles. The van der Waals surface area contributed by atoms with Gasteiger partial charge in [-0.1, -0.05) is 19.1 Å². The zero-order chi connectivity index (χ0) is 17.3. The summed E-state index contributed by atoms with van der Waals surface area (Å²) in [7, 11) is 0. The van der Waals surface area contributed by atoms with Crippen molar-refractivity contribution in [3.05, 3.63) is 58.7 Å². The molecule has 24 heavy (non-hydrogen) atoms. The fraction of sp³-hybridized carbons (Fsp3) is 0.381. The second-order valence-electron chi connectivity index (χ2n) is 7.16.